The van der Waals surface area contributed by atoms with E-state index in [1.165, 1.54) is 25.8 Å². The maximum absolute atomic E-state index is 13.9. The number of rotatable bonds is 5. The summed E-state index contributed by atoms with van der Waals surface area (Å²) in [7, 11) is 0. The van der Waals surface area contributed by atoms with Crippen molar-refractivity contribution in [2.45, 2.75) is 57.9 Å². The molecule has 1 saturated carbocycles. The second-order valence-corrected chi connectivity index (χ2v) is 6.25. The first-order valence-electron chi connectivity index (χ1n) is 8.50. The molecule has 1 aromatic carbocycles. The highest BCUT2D eigenvalue weighted by atomic mass is 19.1. The molecule has 132 valence electrons. The molecular formula is C18H24F2N2O2. The Bertz CT molecular complexity index is 564. The zero-order chi connectivity index (χ0) is 17.5. The van der Waals surface area contributed by atoms with E-state index in [1.807, 2.05) is 0 Å². The SMILES string of the molecule is CC(=O)N(CCC(=O)NC1CCCCCC1)c1c(F)cccc1F. The van der Waals surface area contributed by atoms with E-state index in [0.29, 0.717) is 0 Å². The molecular weight excluding hydrogens is 314 g/mol. The van der Waals surface area contributed by atoms with Gasteiger partial charge in [0.25, 0.3) is 0 Å². The lowest BCUT2D eigenvalue weighted by Gasteiger charge is -2.23. The van der Waals surface area contributed by atoms with Gasteiger partial charge in [0.1, 0.15) is 17.3 Å². The number of anilines is 1. The van der Waals surface area contributed by atoms with Crippen LogP contribution in [0.5, 0.6) is 0 Å². The second-order valence-electron chi connectivity index (χ2n) is 6.25. The van der Waals surface area contributed by atoms with Gasteiger partial charge in [0, 0.05) is 25.9 Å². The van der Waals surface area contributed by atoms with Crippen molar-refractivity contribution in [2.75, 3.05) is 11.4 Å². The number of amides is 2. The van der Waals surface area contributed by atoms with Crippen LogP contribution in [-0.2, 0) is 9.59 Å². The van der Waals surface area contributed by atoms with Crippen LogP contribution in [0.4, 0.5) is 14.5 Å². The molecule has 0 bridgehead atoms. The van der Waals surface area contributed by atoms with Crippen LogP contribution < -0.4 is 10.2 Å². The number of hydrogen-bond acceptors (Lipinski definition) is 2. The minimum Gasteiger partial charge on any atom is -0.353 e. The van der Waals surface area contributed by atoms with Crippen LogP contribution in [-0.4, -0.2) is 24.4 Å². The van der Waals surface area contributed by atoms with Crippen molar-refractivity contribution >= 4 is 17.5 Å². The third-order valence-corrected chi connectivity index (χ3v) is 4.37. The first-order chi connectivity index (χ1) is 11.5. The summed E-state index contributed by atoms with van der Waals surface area (Å²) < 4.78 is 27.7. The first kappa shape index (κ1) is 18.4. The van der Waals surface area contributed by atoms with E-state index in [9.17, 15) is 18.4 Å². The van der Waals surface area contributed by atoms with Crippen LogP contribution in [0.1, 0.15) is 51.9 Å². The zero-order valence-corrected chi connectivity index (χ0v) is 14.0. The Morgan fingerprint density at radius 1 is 1.12 bits per heavy atom. The molecule has 0 aromatic heterocycles. The van der Waals surface area contributed by atoms with Crippen molar-refractivity contribution in [3.63, 3.8) is 0 Å². The summed E-state index contributed by atoms with van der Waals surface area (Å²) >= 11 is 0. The van der Waals surface area contributed by atoms with E-state index < -0.39 is 23.2 Å². The molecule has 1 aliphatic rings. The van der Waals surface area contributed by atoms with Crippen LogP contribution >= 0.6 is 0 Å². The van der Waals surface area contributed by atoms with Gasteiger partial charge in [0.05, 0.1) is 0 Å². The predicted octanol–water partition coefficient (Wildman–Crippen LogP) is 3.55. The van der Waals surface area contributed by atoms with E-state index in [1.54, 1.807) is 0 Å². The minimum absolute atomic E-state index is 0.0177. The smallest absolute Gasteiger partial charge is 0.224 e. The average Bonchev–Trinajstić information content (AvgIpc) is 2.78. The van der Waals surface area contributed by atoms with Crippen LogP contribution in [0, 0.1) is 11.6 Å². The highest BCUT2D eigenvalue weighted by Gasteiger charge is 2.21. The Morgan fingerprint density at radius 3 is 2.25 bits per heavy atom. The third kappa shape index (κ3) is 5.01. The van der Waals surface area contributed by atoms with Gasteiger partial charge in [0.15, 0.2) is 0 Å². The summed E-state index contributed by atoms with van der Waals surface area (Å²) in [5.74, 6) is -2.31. The van der Waals surface area contributed by atoms with E-state index in [0.717, 1.165) is 42.7 Å². The Morgan fingerprint density at radius 2 is 1.71 bits per heavy atom. The van der Waals surface area contributed by atoms with Gasteiger partial charge in [-0.2, -0.15) is 0 Å². The van der Waals surface area contributed by atoms with Crippen molar-refractivity contribution in [1.82, 2.24) is 5.32 Å². The van der Waals surface area contributed by atoms with Crippen molar-refractivity contribution in [1.29, 1.82) is 0 Å². The number of nitrogens with zero attached hydrogens (tertiary/aromatic N) is 1. The van der Waals surface area contributed by atoms with Gasteiger partial charge in [-0.3, -0.25) is 9.59 Å². The molecule has 24 heavy (non-hydrogen) atoms. The summed E-state index contributed by atoms with van der Waals surface area (Å²) in [6, 6.07) is 3.60. The molecule has 6 heteroatoms. The fourth-order valence-corrected chi connectivity index (χ4v) is 3.11. The Hall–Kier alpha value is -1.98. The molecule has 2 amide bonds. The molecule has 0 spiro atoms. The molecule has 2 rings (SSSR count). The number of carbonyl (C=O) groups excluding carboxylic acids is 2. The van der Waals surface area contributed by atoms with Crippen LogP contribution in [0.15, 0.2) is 18.2 Å². The van der Waals surface area contributed by atoms with Gasteiger partial charge in [-0.15, -0.1) is 0 Å². The zero-order valence-electron chi connectivity index (χ0n) is 14.0. The standard InChI is InChI=1S/C18H24F2N2O2/c1-13(23)22(18-15(19)9-6-10-16(18)20)12-11-17(24)21-14-7-4-2-3-5-8-14/h6,9-10,14H,2-5,7-8,11-12H2,1H3,(H,21,24). The van der Waals surface area contributed by atoms with E-state index >= 15 is 0 Å². The molecule has 0 unspecified atom stereocenters. The normalized spacial score (nSPS) is 15.6. The Kier molecular flexibility index (Phi) is 6.70. The van der Waals surface area contributed by atoms with Gasteiger partial charge < -0.3 is 10.2 Å². The quantitative estimate of drug-likeness (QED) is 0.835. The van der Waals surface area contributed by atoms with Crippen LogP contribution in [0.3, 0.4) is 0 Å². The van der Waals surface area contributed by atoms with Crippen molar-refractivity contribution < 1.29 is 18.4 Å². The van der Waals surface area contributed by atoms with Gasteiger partial charge in [0.2, 0.25) is 11.8 Å². The molecule has 0 heterocycles. The van der Waals surface area contributed by atoms with Gasteiger partial charge in [-0.25, -0.2) is 8.78 Å². The topological polar surface area (TPSA) is 49.4 Å². The molecule has 0 radical (unpaired) electrons. The molecule has 1 fully saturated rings. The maximum Gasteiger partial charge on any atom is 0.224 e. The van der Waals surface area contributed by atoms with Crippen LogP contribution in [0.25, 0.3) is 0 Å². The fourth-order valence-electron chi connectivity index (χ4n) is 3.11. The third-order valence-electron chi connectivity index (χ3n) is 4.37. The fraction of sp³-hybridized carbons (Fsp3) is 0.556. The summed E-state index contributed by atoms with van der Waals surface area (Å²) in [4.78, 5) is 24.9. The number of nitrogens with one attached hydrogen (secondary N) is 1. The lowest BCUT2D eigenvalue weighted by molar-refractivity contribution is -0.121. The monoisotopic (exact) mass is 338 g/mol. The highest BCUT2D eigenvalue weighted by Crippen LogP contribution is 2.23. The lowest BCUT2D eigenvalue weighted by atomic mass is 10.1. The molecule has 1 aliphatic carbocycles. The number of carbonyl (C=O) groups is 2. The van der Waals surface area contributed by atoms with E-state index in [4.69, 9.17) is 0 Å². The molecule has 0 aliphatic heterocycles. The number of halogens is 2. The number of hydrogen-bond donors (Lipinski definition) is 1. The molecule has 1 N–H and O–H groups in total. The molecule has 4 nitrogen and oxygen atoms in total. The highest BCUT2D eigenvalue weighted by molar-refractivity contribution is 5.92. The summed E-state index contributed by atoms with van der Waals surface area (Å²) in [5, 5.41) is 2.97. The summed E-state index contributed by atoms with van der Waals surface area (Å²) in [5.41, 5.74) is -0.396. The number of para-hydroxylation sites is 1. The molecule has 0 atom stereocenters. The summed E-state index contributed by atoms with van der Waals surface area (Å²) in [6.07, 6.45) is 6.53. The largest absolute Gasteiger partial charge is 0.353 e. The second kappa shape index (κ2) is 8.76. The molecule has 0 saturated heterocycles. The number of benzene rings is 1. The first-order valence-corrected chi connectivity index (χ1v) is 8.50. The van der Waals surface area contributed by atoms with E-state index in [-0.39, 0.29) is 24.9 Å². The minimum atomic E-state index is -0.811. The lowest BCUT2D eigenvalue weighted by Crippen LogP contribution is -2.38. The summed E-state index contributed by atoms with van der Waals surface area (Å²) in [6.45, 7) is 1.18. The van der Waals surface area contributed by atoms with Crippen LogP contribution in [0.2, 0.25) is 0 Å². The Balaban J connectivity index is 1.96. The van der Waals surface area contributed by atoms with E-state index in [2.05, 4.69) is 5.32 Å². The molecule has 1 aromatic rings. The average molecular weight is 338 g/mol. The van der Waals surface area contributed by atoms with Gasteiger partial charge >= 0.3 is 0 Å². The Labute approximate surface area is 141 Å². The maximum atomic E-state index is 13.9. The van der Waals surface area contributed by atoms with Gasteiger partial charge in [-0.1, -0.05) is 31.7 Å². The van der Waals surface area contributed by atoms with Crippen molar-refractivity contribution in [3.05, 3.63) is 29.8 Å². The van der Waals surface area contributed by atoms with Gasteiger partial charge in [-0.05, 0) is 25.0 Å². The van der Waals surface area contributed by atoms with Crippen molar-refractivity contribution in [2.24, 2.45) is 0 Å². The predicted molar refractivity (Wildman–Crippen MR) is 88.6 cm³/mol. The van der Waals surface area contributed by atoms with Crippen molar-refractivity contribution in [3.8, 4) is 0 Å².